The smallest absolute Gasteiger partial charge is 0.289 e. The van der Waals surface area contributed by atoms with Crippen LogP contribution in [0.5, 0.6) is 0 Å². The van der Waals surface area contributed by atoms with Gasteiger partial charge in [-0.1, -0.05) is 19.1 Å². The number of para-hydroxylation sites is 1. The predicted octanol–water partition coefficient (Wildman–Crippen LogP) is 1.96. The third kappa shape index (κ3) is 2.90. The van der Waals surface area contributed by atoms with Crippen LogP contribution in [0.25, 0.3) is 11.0 Å². The Bertz CT molecular complexity index is 730. The summed E-state index contributed by atoms with van der Waals surface area (Å²) in [6, 6.07) is 8.31. The zero-order chi connectivity index (χ0) is 15.5. The fourth-order valence-corrected chi connectivity index (χ4v) is 2.86. The number of nitrogens with zero attached hydrogens (tertiary/aromatic N) is 2. The summed E-state index contributed by atoms with van der Waals surface area (Å²) in [5, 5.41) is 0.506. The Hall–Kier alpha value is -2.14. The standard InChI is InChI=1S/C17H20N2O3/c1-2-7-18-8-10-19(11-9-18)17(21)16-12-14(20)13-5-3-4-6-15(13)22-16/h3-6,12H,2,7-11H2,1H3. The highest BCUT2D eigenvalue weighted by atomic mass is 16.3. The van der Waals surface area contributed by atoms with Crippen molar-refractivity contribution in [1.82, 2.24) is 9.80 Å². The minimum atomic E-state index is -0.195. The van der Waals surface area contributed by atoms with Crippen molar-refractivity contribution in [1.29, 1.82) is 0 Å². The topological polar surface area (TPSA) is 53.8 Å². The summed E-state index contributed by atoms with van der Waals surface area (Å²) in [6.45, 7) is 6.31. The average molecular weight is 300 g/mol. The van der Waals surface area contributed by atoms with Gasteiger partial charge < -0.3 is 9.32 Å². The summed E-state index contributed by atoms with van der Waals surface area (Å²) < 4.78 is 5.63. The van der Waals surface area contributed by atoms with Crippen molar-refractivity contribution in [2.24, 2.45) is 0 Å². The van der Waals surface area contributed by atoms with Gasteiger partial charge in [-0.05, 0) is 25.1 Å². The van der Waals surface area contributed by atoms with E-state index in [1.54, 1.807) is 29.2 Å². The summed E-state index contributed by atoms with van der Waals surface area (Å²) in [4.78, 5) is 28.7. The van der Waals surface area contributed by atoms with E-state index in [1.165, 1.54) is 6.07 Å². The molecule has 5 nitrogen and oxygen atoms in total. The number of amides is 1. The molecular formula is C17H20N2O3. The van der Waals surface area contributed by atoms with Gasteiger partial charge in [-0.2, -0.15) is 0 Å². The fraction of sp³-hybridized carbons (Fsp3) is 0.412. The van der Waals surface area contributed by atoms with E-state index in [-0.39, 0.29) is 17.1 Å². The molecule has 1 aromatic heterocycles. The molecule has 22 heavy (non-hydrogen) atoms. The molecule has 0 atom stereocenters. The summed E-state index contributed by atoms with van der Waals surface area (Å²) in [6.07, 6.45) is 1.12. The number of fused-ring (bicyclic) bond motifs is 1. The maximum Gasteiger partial charge on any atom is 0.289 e. The summed E-state index contributed by atoms with van der Waals surface area (Å²) in [5.41, 5.74) is 0.290. The Kier molecular flexibility index (Phi) is 4.24. The van der Waals surface area contributed by atoms with E-state index < -0.39 is 0 Å². The molecule has 1 aliphatic heterocycles. The molecule has 0 N–H and O–H groups in total. The van der Waals surface area contributed by atoms with Crippen molar-refractivity contribution in [2.75, 3.05) is 32.7 Å². The second kappa shape index (κ2) is 6.32. The van der Waals surface area contributed by atoms with Gasteiger partial charge in [0.25, 0.3) is 5.91 Å². The first-order valence-corrected chi connectivity index (χ1v) is 7.73. The number of hydrogen-bond acceptors (Lipinski definition) is 4. The number of piperazine rings is 1. The van der Waals surface area contributed by atoms with E-state index in [0.717, 1.165) is 26.1 Å². The van der Waals surface area contributed by atoms with Crippen LogP contribution >= 0.6 is 0 Å². The maximum absolute atomic E-state index is 12.5. The van der Waals surface area contributed by atoms with Gasteiger partial charge >= 0.3 is 0 Å². The van der Waals surface area contributed by atoms with E-state index in [2.05, 4.69) is 11.8 Å². The lowest BCUT2D eigenvalue weighted by molar-refractivity contribution is 0.0607. The molecule has 3 rings (SSSR count). The largest absolute Gasteiger partial charge is 0.451 e. The molecule has 5 heteroatoms. The number of benzene rings is 1. The second-order valence-electron chi connectivity index (χ2n) is 5.60. The first kappa shape index (κ1) is 14.8. The van der Waals surface area contributed by atoms with Crippen LogP contribution in [-0.4, -0.2) is 48.4 Å². The predicted molar refractivity (Wildman–Crippen MR) is 85.1 cm³/mol. The SMILES string of the molecule is CCCN1CCN(C(=O)c2cc(=O)c3ccccc3o2)CC1. The number of hydrogen-bond donors (Lipinski definition) is 0. The van der Waals surface area contributed by atoms with Crippen molar-refractivity contribution < 1.29 is 9.21 Å². The zero-order valence-corrected chi connectivity index (χ0v) is 12.7. The van der Waals surface area contributed by atoms with Crippen LogP contribution < -0.4 is 5.43 Å². The van der Waals surface area contributed by atoms with Crippen LogP contribution in [0.15, 0.2) is 39.5 Å². The molecule has 1 fully saturated rings. The Morgan fingerprint density at radius 1 is 1.18 bits per heavy atom. The highest BCUT2D eigenvalue weighted by Crippen LogP contribution is 2.14. The van der Waals surface area contributed by atoms with Crippen LogP contribution in [0.4, 0.5) is 0 Å². The Morgan fingerprint density at radius 3 is 2.64 bits per heavy atom. The van der Waals surface area contributed by atoms with Gasteiger partial charge in [0.15, 0.2) is 11.2 Å². The summed E-state index contributed by atoms with van der Waals surface area (Å²) >= 11 is 0. The van der Waals surface area contributed by atoms with Gasteiger partial charge in [-0.15, -0.1) is 0 Å². The Labute approximate surface area is 129 Å². The van der Waals surface area contributed by atoms with Crippen molar-refractivity contribution in [2.45, 2.75) is 13.3 Å². The minimum Gasteiger partial charge on any atom is -0.451 e. The molecule has 0 aliphatic carbocycles. The quantitative estimate of drug-likeness (QED) is 0.869. The van der Waals surface area contributed by atoms with E-state index in [1.807, 2.05) is 0 Å². The Morgan fingerprint density at radius 2 is 1.91 bits per heavy atom. The molecule has 1 aromatic carbocycles. The number of carbonyl (C=O) groups is 1. The first-order chi connectivity index (χ1) is 10.7. The summed E-state index contributed by atoms with van der Waals surface area (Å²) in [7, 11) is 0. The molecule has 116 valence electrons. The van der Waals surface area contributed by atoms with Crippen molar-refractivity contribution in [3.63, 3.8) is 0 Å². The van der Waals surface area contributed by atoms with Gasteiger partial charge in [-0.3, -0.25) is 14.5 Å². The van der Waals surface area contributed by atoms with Gasteiger partial charge in [0.05, 0.1) is 5.39 Å². The second-order valence-corrected chi connectivity index (χ2v) is 5.60. The lowest BCUT2D eigenvalue weighted by Crippen LogP contribution is -2.48. The normalized spacial score (nSPS) is 16.1. The molecule has 2 aromatic rings. The summed E-state index contributed by atoms with van der Waals surface area (Å²) in [5.74, 6) is -0.0633. The lowest BCUT2D eigenvalue weighted by Gasteiger charge is -2.34. The van der Waals surface area contributed by atoms with Gasteiger partial charge in [0, 0.05) is 32.2 Å². The molecule has 0 bridgehead atoms. The molecule has 1 amide bonds. The zero-order valence-electron chi connectivity index (χ0n) is 12.7. The van der Waals surface area contributed by atoms with Crippen LogP contribution in [0.2, 0.25) is 0 Å². The van der Waals surface area contributed by atoms with Crippen molar-refractivity contribution in [3.05, 3.63) is 46.3 Å². The third-order valence-corrected chi connectivity index (χ3v) is 4.04. The third-order valence-electron chi connectivity index (χ3n) is 4.04. The maximum atomic E-state index is 12.5. The van der Waals surface area contributed by atoms with Crippen LogP contribution in [0.1, 0.15) is 23.9 Å². The van der Waals surface area contributed by atoms with Gasteiger partial charge in [0.1, 0.15) is 5.58 Å². The molecule has 0 saturated carbocycles. The highest BCUT2D eigenvalue weighted by molar-refractivity contribution is 5.93. The molecule has 0 unspecified atom stereocenters. The average Bonchev–Trinajstić information content (AvgIpc) is 2.55. The molecule has 1 aliphatic rings. The van der Waals surface area contributed by atoms with E-state index in [9.17, 15) is 9.59 Å². The van der Waals surface area contributed by atoms with E-state index in [4.69, 9.17) is 4.42 Å². The highest BCUT2D eigenvalue weighted by Gasteiger charge is 2.23. The van der Waals surface area contributed by atoms with E-state index in [0.29, 0.717) is 24.1 Å². The lowest BCUT2D eigenvalue weighted by atomic mass is 10.2. The minimum absolute atomic E-state index is 0.132. The first-order valence-electron chi connectivity index (χ1n) is 7.73. The van der Waals surface area contributed by atoms with Crippen molar-refractivity contribution >= 4 is 16.9 Å². The Balaban J connectivity index is 1.80. The molecule has 0 spiro atoms. The van der Waals surface area contributed by atoms with Crippen molar-refractivity contribution in [3.8, 4) is 0 Å². The molecule has 0 radical (unpaired) electrons. The molecule has 2 heterocycles. The fourth-order valence-electron chi connectivity index (χ4n) is 2.86. The number of carbonyl (C=O) groups excluding carboxylic acids is 1. The van der Waals surface area contributed by atoms with E-state index >= 15 is 0 Å². The van der Waals surface area contributed by atoms with Crippen LogP contribution in [-0.2, 0) is 0 Å². The number of rotatable bonds is 3. The van der Waals surface area contributed by atoms with Gasteiger partial charge in [0.2, 0.25) is 0 Å². The van der Waals surface area contributed by atoms with Crippen LogP contribution in [0, 0.1) is 0 Å². The van der Waals surface area contributed by atoms with Gasteiger partial charge in [-0.25, -0.2) is 0 Å². The van der Waals surface area contributed by atoms with Crippen LogP contribution in [0.3, 0.4) is 0 Å². The molecular weight excluding hydrogens is 280 g/mol. The molecule has 1 saturated heterocycles. The monoisotopic (exact) mass is 300 g/mol.